The highest BCUT2D eigenvalue weighted by Crippen LogP contribution is 2.12. The predicted molar refractivity (Wildman–Crippen MR) is 70.4 cm³/mol. The van der Waals surface area contributed by atoms with Crippen molar-refractivity contribution in [2.45, 2.75) is 13.5 Å². The second-order valence-corrected chi connectivity index (χ2v) is 4.33. The molecule has 1 aromatic carbocycles. The van der Waals surface area contributed by atoms with Crippen molar-refractivity contribution >= 4 is 0 Å². The molecule has 1 heterocycles. The zero-order chi connectivity index (χ0) is 14.7. The summed E-state index contributed by atoms with van der Waals surface area (Å²) >= 11 is 0. The van der Waals surface area contributed by atoms with Gasteiger partial charge in [-0.2, -0.15) is 10.5 Å². The molecule has 2 aromatic rings. The van der Waals surface area contributed by atoms with Gasteiger partial charge < -0.3 is 4.57 Å². The molecule has 0 bridgehead atoms. The van der Waals surface area contributed by atoms with Crippen molar-refractivity contribution in [2.24, 2.45) is 0 Å². The van der Waals surface area contributed by atoms with E-state index in [-0.39, 0.29) is 17.7 Å². The summed E-state index contributed by atoms with van der Waals surface area (Å²) in [6.45, 7) is 1.81. The number of benzene rings is 1. The molecule has 0 atom stereocenters. The van der Waals surface area contributed by atoms with Crippen molar-refractivity contribution in [1.29, 1.82) is 10.5 Å². The van der Waals surface area contributed by atoms with E-state index in [9.17, 15) is 9.18 Å². The standard InChI is InChI=1S/C15H10FN3O/c1-10-4-5-19(15(20)14(10)8-18)9-11-2-3-13(16)6-12(11)7-17/h2-6H,9H2,1H3. The number of halogens is 1. The molecular formula is C15H10FN3O. The van der Waals surface area contributed by atoms with Gasteiger partial charge in [0.25, 0.3) is 5.56 Å². The number of hydrogen-bond donors (Lipinski definition) is 0. The molecule has 0 saturated carbocycles. The largest absolute Gasteiger partial charge is 0.310 e. The first-order chi connectivity index (χ1) is 9.56. The van der Waals surface area contributed by atoms with Crippen molar-refractivity contribution in [1.82, 2.24) is 4.57 Å². The Morgan fingerprint density at radius 2 is 2.00 bits per heavy atom. The Balaban J connectivity index is 2.50. The van der Waals surface area contributed by atoms with Crippen LogP contribution in [-0.4, -0.2) is 4.57 Å². The van der Waals surface area contributed by atoms with E-state index in [1.807, 2.05) is 12.1 Å². The Hall–Kier alpha value is -2.92. The lowest BCUT2D eigenvalue weighted by Gasteiger charge is -2.09. The van der Waals surface area contributed by atoms with Crippen LogP contribution in [0.2, 0.25) is 0 Å². The first-order valence-corrected chi connectivity index (χ1v) is 5.85. The minimum atomic E-state index is -0.501. The summed E-state index contributed by atoms with van der Waals surface area (Å²) in [6, 6.07) is 9.25. The van der Waals surface area contributed by atoms with Crippen molar-refractivity contribution in [3.8, 4) is 12.1 Å². The van der Waals surface area contributed by atoms with Gasteiger partial charge in [-0.25, -0.2) is 4.39 Å². The monoisotopic (exact) mass is 267 g/mol. The van der Waals surface area contributed by atoms with E-state index in [0.29, 0.717) is 11.1 Å². The Labute approximate surface area is 114 Å². The number of hydrogen-bond acceptors (Lipinski definition) is 3. The van der Waals surface area contributed by atoms with E-state index in [1.165, 1.54) is 16.7 Å². The molecule has 0 amide bonds. The molecule has 4 nitrogen and oxygen atoms in total. The summed E-state index contributed by atoms with van der Waals surface area (Å²) in [5.41, 5.74) is 0.974. The number of aryl methyl sites for hydroxylation is 1. The SMILES string of the molecule is Cc1ccn(Cc2ccc(F)cc2C#N)c(=O)c1C#N. The van der Waals surface area contributed by atoms with Crippen LogP contribution in [-0.2, 0) is 6.54 Å². The zero-order valence-corrected chi connectivity index (χ0v) is 10.7. The molecule has 0 N–H and O–H groups in total. The molecule has 2 rings (SSSR count). The molecule has 0 aliphatic heterocycles. The van der Waals surface area contributed by atoms with E-state index < -0.39 is 11.4 Å². The fraction of sp³-hybridized carbons (Fsp3) is 0.133. The first-order valence-electron chi connectivity index (χ1n) is 5.85. The Morgan fingerprint density at radius 3 is 2.65 bits per heavy atom. The Kier molecular flexibility index (Phi) is 3.63. The van der Waals surface area contributed by atoms with E-state index in [4.69, 9.17) is 10.5 Å². The second kappa shape index (κ2) is 5.38. The summed E-state index contributed by atoms with van der Waals surface area (Å²) in [4.78, 5) is 12.1. The molecular weight excluding hydrogens is 257 g/mol. The van der Waals surface area contributed by atoms with Crippen molar-refractivity contribution in [3.63, 3.8) is 0 Å². The van der Waals surface area contributed by atoms with Crippen LogP contribution in [0.3, 0.4) is 0 Å². The summed E-state index contributed by atoms with van der Waals surface area (Å²) in [5.74, 6) is -0.501. The van der Waals surface area contributed by atoms with Crippen LogP contribution in [0, 0.1) is 35.4 Å². The van der Waals surface area contributed by atoms with Gasteiger partial charge in [0.05, 0.1) is 18.2 Å². The van der Waals surface area contributed by atoms with Crippen LogP contribution in [0.15, 0.2) is 35.3 Å². The van der Waals surface area contributed by atoms with Crippen LogP contribution in [0.1, 0.15) is 22.3 Å². The van der Waals surface area contributed by atoms with Crippen LogP contribution < -0.4 is 5.56 Å². The molecule has 98 valence electrons. The molecule has 5 heteroatoms. The molecule has 20 heavy (non-hydrogen) atoms. The average Bonchev–Trinajstić information content (AvgIpc) is 2.44. The summed E-state index contributed by atoms with van der Waals surface area (Å²) in [6.07, 6.45) is 1.56. The minimum absolute atomic E-state index is 0.0770. The van der Waals surface area contributed by atoms with Gasteiger partial charge in [-0.15, -0.1) is 0 Å². The van der Waals surface area contributed by atoms with Gasteiger partial charge in [0.1, 0.15) is 17.4 Å². The van der Waals surface area contributed by atoms with Crippen molar-refractivity contribution in [3.05, 3.63) is 68.9 Å². The van der Waals surface area contributed by atoms with Gasteiger partial charge in [-0.05, 0) is 36.2 Å². The third-order valence-corrected chi connectivity index (χ3v) is 3.02. The predicted octanol–water partition coefficient (Wildman–Crippen LogP) is 2.09. The molecule has 0 aliphatic carbocycles. The summed E-state index contributed by atoms with van der Waals surface area (Å²) < 4.78 is 14.4. The molecule has 0 saturated heterocycles. The van der Waals surface area contributed by atoms with E-state index >= 15 is 0 Å². The van der Waals surface area contributed by atoms with Gasteiger partial charge in [0.15, 0.2) is 0 Å². The van der Waals surface area contributed by atoms with E-state index in [1.54, 1.807) is 19.2 Å². The molecule has 1 aromatic heterocycles. The fourth-order valence-corrected chi connectivity index (χ4v) is 1.90. The summed E-state index contributed by atoms with van der Waals surface area (Å²) in [7, 11) is 0. The van der Waals surface area contributed by atoms with E-state index in [2.05, 4.69) is 0 Å². The molecule has 0 unspecified atom stereocenters. The lowest BCUT2D eigenvalue weighted by molar-refractivity contribution is 0.625. The molecule has 0 spiro atoms. The zero-order valence-electron chi connectivity index (χ0n) is 10.7. The van der Waals surface area contributed by atoms with Crippen LogP contribution >= 0.6 is 0 Å². The highest BCUT2D eigenvalue weighted by atomic mass is 19.1. The average molecular weight is 267 g/mol. The second-order valence-electron chi connectivity index (χ2n) is 4.33. The third-order valence-electron chi connectivity index (χ3n) is 3.02. The van der Waals surface area contributed by atoms with Gasteiger partial charge >= 0.3 is 0 Å². The maximum Gasteiger partial charge on any atom is 0.269 e. The normalized spacial score (nSPS) is 9.80. The summed E-state index contributed by atoms with van der Waals surface area (Å²) in [5, 5.41) is 17.9. The smallest absolute Gasteiger partial charge is 0.269 e. The number of rotatable bonds is 2. The minimum Gasteiger partial charge on any atom is -0.310 e. The molecule has 0 aliphatic rings. The van der Waals surface area contributed by atoms with Gasteiger partial charge in [0, 0.05) is 6.20 Å². The fourth-order valence-electron chi connectivity index (χ4n) is 1.90. The molecule has 0 fully saturated rings. The maximum atomic E-state index is 13.1. The van der Waals surface area contributed by atoms with Gasteiger partial charge in [-0.3, -0.25) is 4.79 Å². The first kappa shape index (κ1) is 13.5. The Morgan fingerprint density at radius 1 is 1.25 bits per heavy atom. The number of pyridine rings is 1. The maximum absolute atomic E-state index is 13.1. The quantitative estimate of drug-likeness (QED) is 0.836. The third kappa shape index (κ3) is 2.43. The van der Waals surface area contributed by atoms with Gasteiger partial charge in [-0.1, -0.05) is 6.07 Å². The highest BCUT2D eigenvalue weighted by Gasteiger charge is 2.09. The van der Waals surface area contributed by atoms with Crippen LogP contribution in [0.25, 0.3) is 0 Å². The lowest BCUT2D eigenvalue weighted by Crippen LogP contribution is -2.23. The number of nitrogens with zero attached hydrogens (tertiary/aromatic N) is 3. The Bertz CT molecular complexity index is 809. The number of nitriles is 2. The highest BCUT2D eigenvalue weighted by molar-refractivity contribution is 5.39. The van der Waals surface area contributed by atoms with Crippen LogP contribution in [0.5, 0.6) is 0 Å². The van der Waals surface area contributed by atoms with Crippen molar-refractivity contribution < 1.29 is 4.39 Å². The van der Waals surface area contributed by atoms with Crippen molar-refractivity contribution in [2.75, 3.05) is 0 Å². The topological polar surface area (TPSA) is 69.6 Å². The molecule has 0 radical (unpaired) electrons. The van der Waals surface area contributed by atoms with Gasteiger partial charge in [0.2, 0.25) is 0 Å². The van der Waals surface area contributed by atoms with E-state index in [0.717, 1.165) is 6.07 Å². The lowest BCUT2D eigenvalue weighted by atomic mass is 10.1. The number of aromatic nitrogens is 1. The van der Waals surface area contributed by atoms with Crippen LogP contribution in [0.4, 0.5) is 4.39 Å².